The molecule has 3 aromatic rings. The highest BCUT2D eigenvalue weighted by Gasteiger charge is 2.34. The molecule has 9 nitrogen and oxygen atoms in total. The van der Waals surface area contributed by atoms with Crippen molar-refractivity contribution in [3.05, 3.63) is 71.4 Å². The van der Waals surface area contributed by atoms with E-state index in [0.29, 0.717) is 11.6 Å². The lowest BCUT2D eigenvalue weighted by Crippen LogP contribution is -2.16. The quantitative estimate of drug-likeness (QED) is 0.312. The van der Waals surface area contributed by atoms with Gasteiger partial charge in [-0.25, -0.2) is 13.4 Å². The first kappa shape index (κ1) is 28.6. The predicted molar refractivity (Wildman–Crippen MR) is 135 cm³/mol. The molecule has 202 valence electrons. The summed E-state index contributed by atoms with van der Waals surface area (Å²) in [6.45, 7) is 5.00. The summed E-state index contributed by atoms with van der Waals surface area (Å²) in [5.74, 6) is -0.590. The second-order valence-corrected chi connectivity index (χ2v) is 9.71. The van der Waals surface area contributed by atoms with Crippen LogP contribution in [0.2, 0.25) is 5.02 Å². The van der Waals surface area contributed by atoms with Crippen molar-refractivity contribution in [3.63, 3.8) is 0 Å². The number of carbonyl (C=O) groups excluding carboxylic acids is 1. The molecule has 0 aliphatic heterocycles. The third-order valence-electron chi connectivity index (χ3n) is 4.90. The number of nitrogens with zero attached hydrogens (tertiary/aromatic N) is 1. The van der Waals surface area contributed by atoms with E-state index in [9.17, 15) is 26.4 Å². The van der Waals surface area contributed by atoms with Crippen molar-refractivity contribution >= 4 is 38.9 Å². The summed E-state index contributed by atoms with van der Waals surface area (Å²) in [4.78, 5) is 15.1. The molecule has 0 fully saturated rings. The minimum Gasteiger partial charge on any atom is -0.493 e. The van der Waals surface area contributed by atoms with Crippen LogP contribution in [0.25, 0.3) is 0 Å². The Bertz CT molecular complexity index is 1470. The van der Waals surface area contributed by atoms with Gasteiger partial charge in [0.2, 0.25) is 17.5 Å². The molecule has 2 N–H and O–H groups in total. The average molecular weight is 572 g/mol. The molecule has 0 aliphatic carbocycles. The summed E-state index contributed by atoms with van der Waals surface area (Å²) in [5.41, 5.74) is -0.679. The van der Waals surface area contributed by atoms with E-state index in [0.717, 1.165) is 18.2 Å². The Hall–Kier alpha value is -3.97. The standard InChI is InChI=1S/C24H21ClF3N3O6S/c1-5-21(32)30-14-9-19(35-3)22(20(10-14)36-4)37-23-18(8-13(2)12-29-23)31-38(33,34)15-6-7-17(25)16(11-15)24(26,27)28/h5-12,31H,1H2,2-4H3,(H,30,32). The molecular formula is C24H21ClF3N3O6S. The Balaban J connectivity index is 2.04. The van der Waals surface area contributed by atoms with Gasteiger partial charge in [0, 0.05) is 24.0 Å². The smallest absolute Gasteiger partial charge is 0.417 e. The summed E-state index contributed by atoms with van der Waals surface area (Å²) < 4.78 is 84.6. The summed E-state index contributed by atoms with van der Waals surface area (Å²) in [6.07, 6.45) is -2.42. The van der Waals surface area contributed by atoms with Gasteiger partial charge in [0.15, 0.2) is 11.5 Å². The SMILES string of the molecule is C=CC(=O)Nc1cc(OC)c(Oc2ncc(C)cc2NS(=O)(=O)c2ccc(Cl)c(C(F)(F)F)c2)c(OC)c1. The van der Waals surface area contributed by atoms with Gasteiger partial charge in [-0.1, -0.05) is 18.2 Å². The maximum Gasteiger partial charge on any atom is 0.417 e. The van der Waals surface area contributed by atoms with Gasteiger partial charge in [0.25, 0.3) is 10.0 Å². The largest absolute Gasteiger partial charge is 0.493 e. The Labute approximate surface area is 221 Å². The number of anilines is 2. The number of aromatic nitrogens is 1. The van der Waals surface area contributed by atoms with E-state index in [-0.39, 0.29) is 34.5 Å². The highest BCUT2D eigenvalue weighted by Crippen LogP contribution is 2.44. The van der Waals surface area contributed by atoms with Crippen LogP contribution in [0.1, 0.15) is 11.1 Å². The molecule has 1 amide bonds. The molecule has 14 heteroatoms. The summed E-state index contributed by atoms with van der Waals surface area (Å²) >= 11 is 5.61. The molecule has 0 unspecified atom stereocenters. The van der Waals surface area contributed by atoms with E-state index in [1.165, 1.54) is 38.6 Å². The third-order valence-corrected chi connectivity index (χ3v) is 6.59. The Morgan fingerprint density at radius 3 is 2.29 bits per heavy atom. The molecule has 0 saturated heterocycles. The molecule has 0 saturated carbocycles. The fraction of sp³-hybridized carbons (Fsp3) is 0.167. The van der Waals surface area contributed by atoms with Crippen molar-refractivity contribution in [1.29, 1.82) is 0 Å². The first-order valence-corrected chi connectivity index (χ1v) is 12.4. The molecule has 0 bridgehead atoms. The normalized spacial score (nSPS) is 11.4. The maximum atomic E-state index is 13.3. The first-order chi connectivity index (χ1) is 17.8. The van der Waals surface area contributed by atoms with Crippen LogP contribution in [0.5, 0.6) is 23.1 Å². The lowest BCUT2D eigenvalue weighted by molar-refractivity contribution is -0.137. The number of hydrogen-bond acceptors (Lipinski definition) is 7. The van der Waals surface area contributed by atoms with Crippen LogP contribution >= 0.6 is 11.6 Å². The zero-order valence-electron chi connectivity index (χ0n) is 20.1. The zero-order chi connectivity index (χ0) is 28.3. The fourth-order valence-electron chi connectivity index (χ4n) is 3.15. The van der Waals surface area contributed by atoms with Crippen LogP contribution in [0, 0.1) is 6.92 Å². The number of ether oxygens (including phenoxy) is 3. The van der Waals surface area contributed by atoms with E-state index in [4.69, 9.17) is 25.8 Å². The van der Waals surface area contributed by atoms with Gasteiger partial charge >= 0.3 is 6.18 Å². The van der Waals surface area contributed by atoms with E-state index < -0.39 is 37.6 Å². The molecule has 2 aromatic carbocycles. The van der Waals surface area contributed by atoms with Crippen molar-refractivity contribution in [2.45, 2.75) is 18.0 Å². The van der Waals surface area contributed by atoms with Gasteiger partial charge in [-0.15, -0.1) is 0 Å². The molecule has 0 atom stereocenters. The number of halogens is 4. The van der Waals surface area contributed by atoms with Gasteiger partial charge in [0.1, 0.15) is 5.69 Å². The number of rotatable bonds is 9. The number of amides is 1. The number of methoxy groups -OCH3 is 2. The minimum atomic E-state index is -4.87. The van der Waals surface area contributed by atoms with Gasteiger partial charge in [0.05, 0.1) is 29.7 Å². The third kappa shape index (κ3) is 6.47. The van der Waals surface area contributed by atoms with Crippen molar-refractivity contribution < 1.29 is 40.6 Å². The molecule has 1 heterocycles. The van der Waals surface area contributed by atoms with Crippen molar-refractivity contribution in [1.82, 2.24) is 4.98 Å². The zero-order valence-corrected chi connectivity index (χ0v) is 21.7. The molecule has 0 radical (unpaired) electrons. The molecular weight excluding hydrogens is 551 g/mol. The topological polar surface area (TPSA) is 116 Å². The lowest BCUT2D eigenvalue weighted by atomic mass is 10.2. The predicted octanol–water partition coefficient (Wildman–Crippen LogP) is 5.80. The number of carbonyl (C=O) groups is 1. The number of hydrogen-bond donors (Lipinski definition) is 2. The van der Waals surface area contributed by atoms with Crippen molar-refractivity contribution in [2.24, 2.45) is 0 Å². The van der Waals surface area contributed by atoms with Crippen LogP contribution in [0.15, 0.2) is 60.1 Å². The molecule has 3 rings (SSSR count). The molecule has 0 aliphatic rings. The maximum absolute atomic E-state index is 13.3. The first-order valence-electron chi connectivity index (χ1n) is 10.5. The Morgan fingerprint density at radius 1 is 1.11 bits per heavy atom. The van der Waals surface area contributed by atoms with Crippen molar-refractivity contribution in [3.8, 4) is 23.1 Å². The number of nitrogens with one attached hydrogen (secondary N) is 2. The van der Waals surface area contributed by atoms with Gasteiger partial charge in [-0.2, -0.15) is 13.2 Å². The Kier molecular flexibility index (Phi) is 8.42. The monoisotopic (exact) mass is 571 g/mol. The minimum absolute atomic E-state index is 0.0192. The average Bonchev–Trinajstić information content (AvgIpc) is 2.85. The van der Waals surface area contributed by atoms with Crippen LogP contribution in [-0.2, 0) is 21.0 Å². The number of sulfonamides is 1. The molecule has 38 heavy (non-hydrogen) atoms. The second-order valence-electron chi connectivity index (χ2n) is 7.62. The number of benzene rings is 2. The highest BCUT2D eigenvalue weighted by molar-refractivity contribution is 7.92. The number of alkyl halides is 3. The number of aryl methyl sites for hydroxylation is 1. The van der Waals surface area contributed by atoms with Gasteiger partial charge < -0.3 is 19.5 Å². The van der Waals surface area contributed by atoms with Gasteiger partial charge in [-0.3, -0.25) is 9.52 Å². The second kappa shape index (κ2) is 11.2. The summed E-state index contributed by atoms with van der Waals surface area (Å²) in [6, 6.07) is 6.42. The van der Waals surface area contributed by atoms with Crippen LogP contribution in [-0.4, -0.2) is 33.5 Å². The van der Waals surface area contributed by atoms with Crippen molar-refractivity contribution in [2.75, 3.05) is 24.3 Å². The summed E-state index contributed by atoms with van der Waals surface area (Å²) in [7, 11) is -1.90. The van der Waals surface area contributed by atoms with E-state index in [2.05, 4.69) is 21.6 Å². The lowest BCUT2D eigenvalue weighted by Gasteiger charge is -2.18. The highest BCUT2D eigenvalue weighted by atomic mass is 35.5. The van der Waals surface area contributed by atoms with Gasteiger partial charge in [-0.05, 0) is 42.8 Å². The fourth-order valence-corrected chi connectivity index (χ4v) is 4.44. The molecule has 0 spiro atoms. The van der Waals surface area contributed by atoms with Crippen LogP contribution in [0.4, 0.5) is 24.5 Å². The van der Waals surface area contributed by atoms with Crippen LogP contribution in [0.3, 0.4) is 0 Å². The van der Waals surface area contributed by atoms with E-state index in [1.807, 2.05) is 0 Å². The van der Waals surface area contributed by atoms with Crippen LogP contribution < -0.4 is 24.2 Å². The summed E-state index contributed by atoms with van der Waals surface area (Å²) in [5, 5.41) is 1.90. The molecule has 1 aromatic heterocycles. The Morgan fingerprint density at radius 2 is 1.74 bits per heavy atom. The number of pyridine rings is 1. The van der Waals surface area contributed by atoms with E-state index >= 15 is 0 Å². The van der Waals surface area contributed by atoms with E-state index in [1.54, 1.807) is 6.92 Å².